The van der Waals surface area contributed by atoms with Crippen molar-refractivity contribution in [1.82, 2.24) is 0 Å². The fourth-order valence-corrected chi connectivity index (χ4v) is 3.10. The van der Waals surface area contributed by atoms with E-state index in [1.165, 1.54) is 51.4 Å². The molecule has 4 nitrogen and oxygen atoms in total. The van der Waals surface area contributed by atoms with E-state index in [4.69, 9.17) is 9.47 Å². The fourth-order valence-electron chi connectivity index (χ4n) is 3.10. The Balaban J connectivity index is 1.60. The van der Waals surface area contributed by atoms with Crippen LogP contribution in [0.3, 0.4) is 0 Å². The van der Waals surface area contributed by atoms with Crippen LogP contribution in [0.1, 0.15) is 71.6 Å². The zero-order chi connectivity index (χ0) is 20.6. The van der Waals surface area contributed by atoms with E-state index in [-0.39, 0.29) is 0 Å². The monoisotopic (exact) mass is 396 g/mol. The first-order chi connectivity index (χ1) is 14.3. The van der Waals surface area contributed by atoms with Crippen molar-refractivity contribution >= 4 is 11.4 Å². The number of nitrogens with zero attached hydrogens (tertiary/aromatic N) is 2. The zero-order valence-corrected chi connectivity index (χ0v) is 18.1. The molecule has 4 heteroatoms. The van der Waals surface area contributed by atoms with Gasteiger partial charge in [0.15, 0.2) is 0 Å². The molecule has 2 rings (SSSR count). The Labute approximate surface area is 176 Å². The van der Waals surface area contributed by atoms with Crippen LogP contribution < -0.4 is 9.47 Å². The molecule has 0 heterocycles. The SMILES string of the molecule is CCCCCCCCCCCOc1ccc(N=Nc2ccc(OCC)cc2)cc1. The largest absolute Gasteiger partial charge is 0.494 e. The highest BCUT2D eigenvalue weighted by molar-refractivity contribution is 5.44. The topological polar surface area (TPSA) is 43.2 Å². The van der Waals surface area contributed by atoms with Gasteiger partial charge in [0.05, 0.1) is 24.6 Å². The second-order valence-corrected chi connectivity index (χ2v) is 7.30. The molecule has 0 radical (unpaired) electrons. The maximum Gasteiger partial charge on any atom is 0.119 e. The second-order valence-electron chi connectivity index (χ2n) is 7.30. The summed E-state index contributed by atoms with van der Waals surface area (Å²) in [7, 11) is 0. The van der Waals surface area contributed by atoms with Crippen LogP contribution in [0.25, 0.3) is 0 Å². The predicted molar refractivity (Wildman–Crippen MR) is 121 cm³/mol. The molecule has 0 aliphatic heterocycles. The van der Waals surface area contributed by atoms with Crippen molar-refractivity contribution in [2.75, 3.05) is 13.2 Å². The van der Waals surface area contributed by atoms with Crippen LogP contribution in [0.2, 0.25) is 0 Å². The van der Waals surface area contributed by atoms with Gasteiger partial charge in [0.25, 0.3) is 0 Å². The number of rotatable bonds is 15. The highest BCUT2D eigenvalue weighted by Gasteiger charge is 1.97. The van der Waals surface area contributed by atoms with Gasteiger partial charge >= 0.3 is 0 Å². The van der Waals surface area contributed by atoms with E-state index >= 15 is 0 Å². The van der Waals surface area contributed by atoms with Crippen LogP contribution in [-0.2, 0) is 0 Å². The van der Waals surface area contributed by atoms with Crippen molar-refractivity contribution in [3.8, 4) is 11.5 Å². The predicted octanol–water partition coefficient (Wildman–Crippen LogP) is 8.41. The minimum atomic E-state index is 0.661. The summed E-state index contributed by atoms with van der Waals surface area (Å²) < 4.78 is 11.3. The first-order valence-corrected chi connectivity index (χ1v) is 11.2. The molecule has 0 aliphatic rings. The maximum absolute atomic E-state index is 5.83. The second kappa shape index (κ2) is 14.6. The van der Waals surface area contributed by atoms with Gasteiger partial charge in [0, 0.05) is 0 Å². The molecule has 2 aromatic carbocycles. The summed E-state index contributed by atoms with van der Waals surface area (Å²) in [6.07, 6.45) is 11.9. The number of benzene rings is 2. The molecule has 29 heavy (non-hydrogen) atoms. The Morgan fingerprint density at radius 2 is 1.00 bits per heavy atom. The van der Waals surface area contributed by atoms with E-state index in [1.807, 2.05) is 55.5 Å². The summed E-state index contributed by atoms with van der Waals surface area (Å²) in [5.41, 5.74) is 1.62. The van der Waals surface area contributed by atoms with Crippen LogP contribution in [0, 0.1) is 0 Å². The number of unbranched alkanes of at least 4 members (excludes halogenated alkanes) is 8. The molecular formula is C25H36N2O2. The zero-order valence-electron chi connectivity index (χ0n) is 18.1. The van der Waals surface area contributed by atoms with Crippen molar-refractivity contribution in [2.24, 2.45) is 10.2 Å². The van der Waals surface area contributed by atoms with Gasteiger partial charge in [-0.05, 0) is 61.9 Å². The Kier molecular flexibility index (Phi) is 11.6. The van der Waals surface area contributed by atoms with Crippen LogP contribution in [0.15, 0.2) is 58.8 Å². The molecule has 0 amide bonds. The summed E-state index contributed by atoms with van der Waals surface area (Å²) in [5, 5.41) is 8.54. The van der Waals surface area contributed by atoms with Crippen LogP contribution in [-0.4, -0.2) is 13.2 Å². The Morgan fingerprint density at radius 1 is 0.552 bits per heavy atom. The van der Waals surface area contributed by atoms with E-state index in [2.05, 4.69) is 17.2 Å². The van der Waals surface area contributed by atoms with E-state index in [0.29, 0.717) is 6.61 Å². The average Bonchev–Trinajstić information content (AvgIpc) is 2.76. The molecule has 2 aromatic rings. The quantitative estimate of drug-likeness (QED) is 0.224. The maximum atomic E-state index is 5.83. The summed E-state index contributed by atoms with van der Waals surface area (Å²) in [6, 6.07) is 15.4. The summed E-state index contributed by atoms with van der Waals surface area (Å²) in [5.74, 6) is 1.74. The molecule has 0 unspecified atom stereocenters. The standard InChI is InChI=1S/C25H36N2O2/c1-3-5-6-7-8-9-10-11-12-21-29-25-19-15-23(16-20-25)27-26-22-13-17-24(18-14-22)28-4-2/h13-20H,3-12,21H2,1-2H3. The normalized spacial score (nSPS) is 11.1. The lowest BCUT2D eigenvalue weighted by atomic mass is 10.1. The van der Waals surface area contributed by atoms with Gasteiger partial charge in [-0.2, -0.15) is 10.2 Å². The van der Waals surface area contributed by atoms with Gasteiger partial charge in [-0.1, -0.05) is 58.3 Å². The molecule has 0 N–H and O–H groups in total. The van der Waals surface area contributed by atoms with E-state index in [0.717, 1.165) is 35.9 Å². The number of hydrogen-bond donors (Lipinski definition) is 0. The number of ether oxygens (including phenoxy) is 2. The van der Waals surface area contributed by atoms with Gasteiger partial charge in [-0.3, -0.25) is 0 Å². The van der Waals surface area contributed by atoms with Crippen molar-refractivity contribution in [2.45, 2.75) is 71.6 Å². The molecule has 158 valence electrons. The van der Waals surface area contributed by atoms with Crippen LogP contribution >= 0.6 is 0 Å². The lowest BCUT2D eigenvalue weighted by Gasteiger charge is -2.06. The molecule has 0 saturated carbocycles. The van der Waals surface area contributed by atoms with E-state index in [1.54, 1.807) is 0 Å². The van der Waals surface area contributed by atoms with E-state index in [9.17, 15) is 0 Å². The summed E-state index contributed by atoms with van der Waals surface area (Å²) in [4.78, 5) is 0. The molecular weight excluding hydrogens is 360 g/mol. The van der Waals surface area contributed by atoms with Crippen molar-refractivity contribution in [3.63, 3.8) is 0 Å². The first kappa shape index (κ1) is 22.9. The Hall–Kier alpha value is -2.36. The summed E-state index contributed by atoms with van der Waals surface area (Å²) >= 11 is 0. The van der Waals surface area contributed by atoms with Gasteiger partial charge in [-0.25, -0.2) is 0 Å². The summed E-state index contributed by atoms with van der Waals surface area (Å²) in [6.45, 7) is 5.68. The Bertz CT molecular complexity index is 681. The molecule has 0 aromatic heterocycles. The third-order valence-corrected chi connectivity index (χ3v) is 4.78. The first-order valence-electron chi connectivity index (χ1n) is 11.2. The lowest BCUT2D eigenvalue weighted by molar-refractivity contribution is 0.304. The molecule has 0 atom stereocenters. The molecule has 0 bridgehead atoms. The van der Waals surface area contributed by atoms with Crippen LogP contribution in [0.4, 0.5) is 11.4 Å². The van der Waals surface area contributed by atoms with Crippen molar-refractivity contribution < 1.29 is 9.47 Å². The van der Waals surface area contributed by atoms with Gasteiger partial charge in [0.2, 0.25) is 0 Å². The molecule has 0 fully saturated rings. The molecule has 0 aliphatic carbocycles. The minimum absolute atomic E-state index is 0.661. The molecule has 0 saturated heterocycles. The Morgan fingerprint density at radius 3 is 1.48 bits per heavy atom. The van der Waals surface area contributed by atoms with Gasteiger partial charge in [0.1, 0.15) is 11.5 Å². The van der Waals surface area contributed by atoms with Gasteiger partial charge < -0.3 is 9.47 Å². The highest BCUT2D eigenvalue weighted by Crippen LogP contribution is 2.23. The smallest absolute Gasteiger partial charge is 0.119 e. The highest BCUT2D eigenvalue weighted by atomic mass is 16.5. The number of hydrogen-bond acceptors (Lipinski definition) is 4. The third kappa shape index (κ3) is 10.1. The van der Waals surface area contributed by atoms with Crippen molar-refractivity contribution in [1.29, 1.82) is 0 Å². The molecule has 0 spiro atoms. The van der Waals surface area contributed by atoms with Gasteiger partial charge in [-0.15, -0.1) is 0 Å². The van der Waals surface area contributed by atoms with Crippen molar-refractivity contribution in [3.05, 3.63) is 48.5 Å². The minimum Gasteiger partial charge on any atom is -0.494 e. The van der Waals surface area contributed by atoms with Crippen LogP contribution in [0.5, 0.6) is 11.5 Å². The third-order valence-electron chi connectivity index (χ3n) is 4.78. The number of azo groups is 1. The van der Waals surface area contributed by atoms with E-state index < -0.39 is 0 Å². The lowest BCUT2D eigenvalue weighted by Crippen LogP contribution is -1.96. The fraction of sp³-hybridized carbons (Fsp3) is 0.520. The average molecular weight is 397 g/mol.